The zero-order chi connectivity index (χ0) is 37.1. The Labute approximate surface area is 318 Å². The number of amides is 1. The van der Waals surface area contributed by atoms with Gasteiger partial charge in [-0.05, 0) is 92.6 Å². The molecule has 1 amide bonds. The highest BCUT2D eigenvalue weighted by Gasteiger charge is 2.38. The summed E-state index contributed by atoms with van der Waals surface area (Å²) in [6.45, 7) is 0.0508. The van der Waals surface area contributed by atoms with E-state index in [0.717, 1.165) is 62.5 Å². The maximum atomic E-state index is 13.8. The third kappa shape index (κ3) is 9.29. The van der Waals surface area contributed by atoms with Crippen LogP contribution in [0.2, 0.25) is 10.0 Å². The maximum Gasteiger partial charge on any atom is 0.416 e. The first kappa shape index (κ1) is 37.1. The number of benzene rings is 1. The number of hydrogen-bond donors (Lipinski definition) is 0. The fourth-order valence-electron chi connectivity index (χ4n) is 6.57. The molecule has 0 N–H and O–H groups in total. The van der Waals surface area contributed by atoms with Gasteiger partial charge in [-0.25, -0.2) is 14.6 Å². The van der Waals surface area contributed by atoms with Gasteiger partial charge in [-0.1, -0.05) is 35.3 Å². The number of pyridine rings is 2. The van der Waals surface area contributed by atoms with Crippen molar-refractivity contribution in [2.75, 3.05) is 31.1 Å². The first-order chi connectivity index (χ1) is 25.6. The fourth-order valence-corrected chi connectivity index (χ4v) is 8.05. The molecule has 0 unspecified atom stereocenters. The number of piperidine rings is 3. The predicted octanol–water partition coefficient (Wildman–Crippen LogP) is 7.85. The highest BCUT2D eigenvalue weighted by Crippen LogP contribution is 2.38. The van der Waals surface area contributed by atoms with E-state index in [0.29, 0.717) is 51.5 Å². The van der Waals surface area contributed by atoms with Crippen molar-refractivity contribution in [2.45, 2.75) is 57.5 Å². The molecule has 280 valence electrons. The van der Waals surface area contributed by atoms with Gasteiger partial charge in [0.2, 0.25) is 0 Å². The lowest BCUT2D eigenvalue weighted by atomic mass is 9.86. The zero-order valence-electron chi connectivity index (χ0n) is 28.4. The van der Waals surface area contributed by atoms with Crippen molar-refractivity contribution >= 4 is 52.4 Å². The summed E-state index contributed by atoms with van der Waals surface area (Å²) < 4.78 is 49.7. The van der Waals surface area contributed by atoms with Crippen molar-refractivity contribution in [2.24, 2.45) is 11.8 Å². The number of halogens is 4. The Morgan fingerprint density at radius 1 is 1.04 bits per heavy atom. The topological polar surface area (TPSA) is 117 Å². The Kier molecular flexibility index (Phi) is 11.5. The Balaban J connectivity index is 1.12. The van der Waals surface area contributed by atoms with Gasteiger partial charge in [0, 0.05) is 29.6 Å². The number of thiophene rings is 1. The summed E-state index contributed by atoms with van der Waals surface area (Å²) >= 11 is 14.0. The quantitative estimate of drug-likeness (QED) is 0.0716. The van der Waals surface area contributed by atoms with E-state index >= 15 is 0 Å². The van der Waals surface area contributed by atoms with Crippen LogP contribution in [0.1, 0.15) is 57.5 Å². The second-order valence-electron chi connectivity index (χ2n) is 13.3. The Bertz CT molecular complexity index is 1910. The number of carbonyl (C=O) groups excluding carboxylic acids is 2. The minimum Gasteiger partial charge on any atom is -0.619 e. The van der Waals surface area contributed by atoms with Gasteiger partial charge in [-0.3, -0.25) is 9.80 Å². The molecule has 3 saturated heterocycles. The van der Waals surface area contributed by atoms with Gasteiger partial charge in [-0.15, -0.1) is 11.3 Å². The van der Waals surface area contributed by atoms with Crippen LogP contribution in [-0.2, 0) is 22.4 Å². The van der Waals surface area contributed by atoms with Crippen molar-refractivity contribution in [3.05, 3.63) is 103 Å². The largest absolute Gasteiger partial charge is 0.619 e. The molecule has 4 fully saturated rings. The average molecular weight is 790 g/mol. The van der Waals surface area contributed by atoms with E-state index in [1.165, 1.54) is 23.1 Å². The Morgan fingerprint density at radius 3 is 2.47 bits per heavy atom. The Morgan fingerprint density at radius 2 is 1.81 bits per heavy atom. The smallest absolute Gasteiger partial charge is 0.416 e. The number of alkyl halides is 2. The summed E-state index contributed by atoms with van der Waals surface area (Å²) in [6.07, 6.45) is 5.95. The third-order valence-corrected chi connectivity index (χ3v) is 11.3. The number of carbonyl (C=O) groups is 2. The van der Waals surface area contributed by atoms with Crippen molar-refractivity contribution in [3.8, 4) is 11.5 Å². The van der Waals surface area contributed by atoms with Crippen LogP contribution in [0.15, 0.2) is 67.1 Å². The summed E-state index contributed by atoms with van der Waals surface area (Å²) in [5.74, 6) is 0.256. The summed E-state index contributed by atoms with van der Waals surface area (Å²) in [5.41, 5.74) is 0.733. The lowest BCUT2D eigenvalue weighted by Crippen LogP contribution is -2.53. The van der Waals surface area contributed by atoms with E-state index in [2.05, 4.69) is 9.88 Å². The molecule has 1 aliphatic carbocycles. The van der Waals surface area contributed by atoms with Crippen molar-refractivity contribution < 1.29 is 42.0 Å². The van der Waals surface area contributed by atoms with E-state index < -0.39 is 24.8 Å². The molecule has 2 bridgehead atoms. The molecular formula is C37H36Cl2F2N4O7S. The number of anilines is 1. The first-order valence-electron chi connectivity index (χ1n) is 17.3. The summed E-state index contributed by atoms with van der Waals surface area (Å²) in [4.78, 5) is 36.5. The highest BCUT2D eigenvalue weighted by molar-refractivity contribution is 7.14. The van der Waals surface area contributed by atoms with E-state index in [1.54, 1.807) is 36.5 Å². The van der Waals surface area contributed by atoms with Gasteiger partial charge < -0.3 is 24.2 Å². The first-order valence-corrected chi connectivity index (χ1v) is 18.9. The predicted molar refractivity (Wildman–Crippen MR) is 193 cm³/mol. The number of nitrogens with zero attached hydrogens (tertiary/aromatic N) is 4. The number of esters is 1. The number of fused-ring (bicyclic) bond motifs is 3. The van der Waals surface area contributed by atoms with Crippen LogP contribution < -0.4 is 19.1 Å². The zero-order valence-corrected chi connectivity index (χ0v) is 30.7. The molecule has 2 atom stereocenters. The molecule has 8 rings (SSSR count). The molecule has 1 saturated carbocycles. The van der Waals surface area contributed by atoms with E-state index in [9.17, 15) is 23.6 Å². The van der Waals surface area contributed by atoms with E-state index in [1.807, 2.05) is 0 Å². The SMILES string of the molecule is O=C(O[C@@H](Cc1c(Cl)c[n+]([O-])cc1Cl)c1ccc(OC(F)F)c(OCC2CC2)c1)c1ccc(CN(C(=O)O[C@H]2CN3CCC2CC3)c2ccccn2)s1. The van der Waals surface area contributed by atoms with Crippen LogP contribution in [0.4, 0.5) is 19.4 Å². The monoisotopic (exact) mass is 788 g/mol. The second-order valence-corrected chi connectivity index (χ2v) is 15.3. The lowest BCUT2D eigenvalue weighted by molar-refractivity contribution is -0.605. The van der Waals surface area contributed by atoms with Crippen LogP contribution in [0.25, 0.3) is 0 Å². The molecule has 3 aromatic heterocycles. The Hall–Kier alpha value is -4.24. The van der Waals surface area contributed by atoms with Crippen molar-refractivity contribution in [1.82, 2.24) is 9.88 Å². The van der Waals surface area contributed by atoms with Gasteiger partial charge in [0.05, 0.1) is 13.2 Å². The summed E-state index contributed by atoms with van der Waals surface area (Å²) in [7, 11) is 0. The average Bonchev–Trinajstić information content (AvgIpc) is 3.86. The number of aromatic nitrogens is 2. The summed E-state index contributed by atoms with van der Waals surface area (Å²) in [5, 5.41) is 12.1. The van der Waals surface area contributed by atoms with Gasteiger partial charge in [0.1, 0.15) is 32.9 Å². The molecule has 0 spiro atoms. The van der Waals surface area contributed by atoms with E-state index in [4.69, 9.17) is 42.1 Å². The van der Waals surface area contributed by atoms with Gasteiger partial charge in [-0.2, -0.15) is 13.5 Å². The van der Waals surface area contributed by atoms with Crippen molar-refractivity contribution in [3.63, 3.8) is 0 Å². The number of rotatable bonds is 14. The molecule has 11 nitrogen and oxygen atoms in total. The molecule has 1 aromatic carbocycles. The van der Waals surface area contributed by atoms with Gasteiger partial charge >= 0.3 is 18.7 Å². The second kappa shape index (κ2) is 16.4. The van der Waals surface area contributed by atoms with Crippen molar-refractivity contribution in [1.29, 1.82) is 0 Å². The van der Waals surface area contributed by atoms with Crippen LogP contribution >= 0.6 is 34.5 Å². The molecule has 3 aliphatic heterocycles. The minimum atomic E-state index is -3.08. The van der Waals surface area contributed by atoms with Crippen LogP contribution in [-0.4, -0.2) is 60.9 Å². The van der Waals surface area contributed by atoms with Crippen LogP contribution in [0, 0.1) is 17.0 Å². The molecule has 4 aliphatic rings. The fraction of sp³-hybridized carbons (Fsp3) is 0.405. The van der Waals surface area contributed by atoms with Crippen LogP contribution in [0.3, 0.4) is 0 Å². The molecular weight excluding hydrogens is 753 g/mol. The summed E-state index contributed by atoms with van der Waals surface area (Å²) in [6, 6.07) is 12.9. The standard InChI is InChI=1S/C37H36Cl2F2N4O7S/c38-27-18-44(48)19-28(39)26(27)16-30(24-6-8-29(51-36(40)41)31(15-24)49-21-22-4-5-22)50-35(46)33-9-7-25(53-33)17-45(34-3-1-2-12-42-34)37(47)52-32-20-43-13-10-23(32)11-14-43/h1-3,6-9,12,15,18-19,22-23,30,32,36H,4-5,10-11,13-14,16-17,20-21H2/t30-,32-/m0/s1. The molecule has 16 heteroatoms. The maximum absolute atomic E-state index is 13.8. The highest BCUT2D eigenvalue weighted by atomic mass is 35.5. The van der Waals surface area contributed by atoms with E-state index in [-0.39, 0.29) is 45.5 Å². The van der Waals surface area contributed by atoms with Gasteiger partial charge in [0.25, 0.3) is 0 Å². The normalized spacial score (nSPS) is 19.8. The number of hydrogen-bond acceptors (Lipinski definition) is 10. The minimum absolute atomic E-state index is 0.0505. The molecule has 4 aromatic rings. The van der Waals surface area contributed by atoms with Crippen LogP contribution in [0.5, 0.6) is 11.5 Å². The molecule has 0 radical (unpaired) electrons. The number of ether oxygens (including phenoxy) is 4. The molecule has 6 heterocycles. The molecule has 53 heavy (non-hydrogen) atoms. The van der Waals surface area contributed by atoms with Gasteiger partial charge in [0.15, 0.2) is 23.9 Å². The third-order valence-electron chi connectivity index (χ3n) is 9.59. The lowest BCUT2D eigenvalue weighted by Gasteiger charge is -2.44.